The van der Waals surface area contributed by atoms with Crippen molar-refractivity contribution in [2.24, 2.45) is 5.92 Å². The van der Waals surface area contributed by atoms with Crippen molar-refractivity contribution in [1.82, 2.24) is 14.7 Å². The molecule has 0 radical (unpaired) electrons. The molecule has 1 amide bonds. The van der Waals surface area contributed by atoms with Gasteiger partial charge in [0.1, 0.15) is 12.4 Å². The Morgan fingerprint density at radius 3 is 2.96 bits per heavy atom. The molecular weight excluding hydrogens is 290 g/mol. The van der Waals surface area contributed by atoms with E-state index in [-0.39, 0.29) is 11.8 Å². The van der Waals surface area contributed by atoms with Gasteiger partial charge in [-0.1, -0.05) is 18.2 Å². The van der Waals surface area contributed by atoms with E-state index in [2.05, 4.69) is 12.0 Å². The number of carbonyl (C=O) groups excluding carboxylic acids is 1. The highest BCUT2D eigenvalue weighted by molar-refractivity contribution is 5.79. The molecule has 0 fully saturated rings. The van der Waals surface area contributed by atoms with Gasteiger partial charge in [0.15, 0.2) is 0 Å². The number of aryl methyl sites for hydroxylation is 1. The average molecular weight is 313 g/mol. The largest absolute Gasteiger partial charge is 0.492 e. The number of rotatable bonds is 5. The Bertz CT molecular complexity index is 680. The maximum atomic E-state index is 12.8. The van der Waals surface area contributed by atoms with Crippen molar-refractivity contribution in [3.63, 3.8) is 0 Å². The third-order valence-corrected chi connectivity index (χ3v) is 4.31. The molecule has 122 valence electrons. The molecule has 5 nitrogen and oxygen atoms in total. The number of hydrogen-bond acceptors (Lipinski definition) is 3. The quantitative estimate of drug-likeness (QED) is 0.852. The van der Waals surface area contributed by atoms with Crippen LogP contribution in [0.2, 0.25) is 0 Å². The number of ether oxygens (including phenoxy) is 1. The minimum Gasteiger partial charge on any atom is -0.492 e. The van der Waals surface area contributed by atoms with E-state index in [9.17, 15) is 4.79 Å². The molecule has 3 rings (SSSR count). The van der Waals surface area contributed by atoms with Gasteiger partial charge in [0.25, 0.3) is 0 Å². The second-order valence-corrected chi connectivity index (χ2v) is 5.88. The average Bonchev–Trinajstić information content (AvgIpc) is 3.06. The predicted molar refractivity (Wildman–Crippen MR) is 88.1 cm³/mol. The first-order valence-corrected chi connectivity index (χ1v) is 8.22. The third kappa shape index (κ3) is 3.38. The Hall–Kier alpha value is -2.30. The molecule has 1 unspecified atom stereocenters. The predicted octanol–water partition coefficient (Wildman–Crippen LogP) is 2.50. The molecular formula is C18H23N3O2. The molecule has 0 bridgehead atoms. The van der Waals surface area contributed by atoms with E-state index in [0.717, 1.165) is 29.8 Å². The summed E-state index contributed by atoms with van der Waals surface area (Å²) >= 11 is 0. The van der Waals surface area contributed by atoms with Crippen molar-refractivity contribution in [2.75, 3.05) is 13.2 Å². The summed E-state index contributed by atoms with van der Waals surface area (Å²) in [5, 5.41) is 4.28. The first kappa shape index (κ1) is 15.6. The zero-order valence-electron chi connectivity index (χ0n) is 13.7. The number of aromatic nitrogens is 2. The first-order valence-electron chi connectivity index (χ1n) is 8.22. The zero-order valence-corrected chi connectivity index (χ0v) is 13.7. The third-order valence-electron chi connectivity index (χ3n) is 4.31. The van der Waals surface area contributed by atoms with E-state index in [4.69, 9.17) is 4.74 Å². The molecule has 0 N–H and O–H groups in total. The van der Waals surface area contributed by atoms with Gasteiger partial charge in [0.2, 0.25) is 5.91 Å². The molecule has 2 heterocycles. The number of carbonyl (C=O) groups is 1. The van der Waals surface area contributed by atoms with Crippen LogP contribution in [-0.2, 0) is 24.3 Å². The molecule has 1 aliphatic heterocycles. The Morgan fingerprint density at radius 2 is 2.22 bits per heavy atom. The van der Waals surface area contributed by atoms with Crippen LogP contribution >= 0.6 is 0 Å². The SMILES string of the molecule is CCN(Cc1cnn(CC)c1)C(=O)C1COc2ccccc2C1. The minimum absolute atomic E-state index is 0.105. The highest BCUT2D eigenvalue weighted by Gasteiger charge is 2.29. The second-order valence-electron chi connectivity index (χ2n) is 5.88. The Morgan fingerprint density at radius 1 is 1.39 bits per heavy atom. The number of amides is 1. The highest BCUT2D eigenvalue weighted by atomic mass is 16.5. The van der Waals surface area contributed by atoms with Crippen molar-refractivity contribution in [1.29, 1.82) is 0 Å². The molecule has 0 saturated carbocycles. The van der Waals surface area contributed by atoms with Crippen molar-refractivity contribution in [3.8, 4) is 5.75 Å². The van der Waals surface area contributed by atoms with E-state index in [0.29, 0.717) is 19.7 Å². The van der Waals surface area contributed by atoms with Gasteiger partial charge in [-0.25, -0.2) is 0 Å². The molecule has 1 aliphatic rings. The number of fused-ring (bicyclic) bond motifs is 1. The summed E-state index contributed by atoms with van der Waals surface area (Å²) in [6.07, 6.45) is 4.59. The van der Waals surface area contributed by atoms with Gasteiger partial charge in [0, 0.05) is 31.4 Å². The molecule has 0 aliphatic carbocycles. The fourth-order valence-corrected chi connectivity index (χ4v) is 2.97. The lowest BCUT2D eigenvalue weighted by Gasteiger charge is -2.29. The van der Waals surface area contributed by atoms with Crippen LogP contribution in [0, 0.1) is 5.92 Å². The van der Waals surface area contributed by atoms with Crippen LogP contribution in [0.25, 0.3) is 0 Å². The van der Waals surface area contributed by atoms with Crippen molar-refractivity contribution < 1.29 is 9.53 Å². The van der Waals surface area contributed by atoms with Crippen LogP contribution in [0.1, 0.15) is 25.0 Å². The summed E-state index contributed by atoms with van der Waals surface area (Å²) < 4.78 is 7.64. The lowest BCUT2D eigenvalue weighted by Crippen LogP contribution is -2.40. The number of para-hydroxylation sites is 1. The van der Waals surface area contributed by atoms with Gasteiger partial charge in [-0.3, -0.25) is 9.48 Å². The van der Waals surface area contributed by atoms with E-state index in [1.807, 2.05) is 53.2 Å². The summed E-state index contributed by atoms with van der Waals surface area (Å²) in [5.74, 6) is 0.959. The van der Waals surface area contributed by atoms with Crippen molar-refractivity contribution in [2.45, 2.75) is 33.4 Å². The monoisotopic (exact) mass is 313 g/mol. The number of benzene rings is 1. The Balaban J connectivity index is 1.68. The van der Waals surface area contributed by atoms with Gasteiger partial charge in [-0.15, -0.1) is 0 Å². The molecule has 5 heteroatoms. The molecule has 0 spiro atoms. The summed E-state index contributed by atoms with van der Waals surface area (Å²) in [7, 11) is 0. The second kappa shape index (κ2) is 6.86. The van der Waals surface area contributed by atoms with Crippen LogP contribution in [0.3, 0.4) is 0 Å². The van der Waals surface area contributed by atoms with E-state index < -0.39 is 0 Å². The number of nitrogens with zero attached hydrogens (tertiary/aromatic N) is 3. The van der Waals surface area contributed by atoms with Crippen LogP contribution in [0.5, 0.6) is 5.75 Å². The summed E-state index contributed by atoms with van der Waals surface area (Å²) in [5.41, 5.74) is 2.19. The number of hydrogen-bond donors (Lipinski definition) is 0. The first-order chi connectivity index (χ1) is 11.2. The fraction of sp³-hybridized carbons (Fsp3) is 0.444. The molecule has 1 aromatic heterocycles. The Labute approximate surface area is 136 Å². The van der Waals surface area contributed by atoms with Crippen LogP contribution in [0.4, 0.5) is 0 Å². The van der Waals surface area contributed by atoms with Crippen molar-refractivity contribution in [3.05, 3.63) is 47.8 Å². The summed E-state index contributed by atoms with van der Waals surface area (Å²) in [4.78, 5) is 14.7. The van der Waals surface area contributed by atoms with E-state index in [1.165, 1.54) is 0 Å². The molecule has 2 aromatic rings. The highest BCUT2D eigenvalue weighted by Crippen LogP contribution is 2.28. The Kier molecular flexibility index (Phi) is 4.65. The molecule has 0 saturated heterocycles. The maximum absolute atomic E-state index is 12.8. The maximum Gasteiger partial charge on any atom is 0.229 e. The van der Waals surface area contributed by atoms with Crippen LogP contribution < -0.4 is 4.74 Å². The molecule has 23 heavy (non-hydrogen) atoms. The van der Waals surface area contributed by atoms with Gasteiger partial charge >= 0.3 is 0 Å². The van der Waals surface area contributed by atoms with Crippen LogP contribution in [0.15, 0.2) is 36.7 Å². The standard InChI is InChI=1S/C18H23N3O2/c1-3-20(11-14-10-19-21(4-2)12-14)18(22)16-9-15-7-5-6-8-17(15)23-13-16/h5-8,10,12,16H,3-4,9,11,13H2,1-2H3. The van der Waals surface area contributed by atoms with Gasteiger partial charge in [-0.05, 0) is 31.9 Å². The van der Waals surface area contributed by atoms with Crippen LogP contribution in [-0.4, -0.2) is 33.7 Å². The van der Waals surface area contributed by atoms with Gasteiger partial charge in [0.05, 0.1) is 12.1 Å². The van der Waals surface area contributed by atoms with Crippen molar-refractivity contribution >= 4 is 5.91 Å². The lowest BCUT2D eigenvalue weighted by molar-refractivity contribution is -0.137. The summed E-state index contributed by atoms with van der Waals surface area (Å²) in [6.45, 7) is 6.66. The smallest absolute Gasteiger partial charge is 0.229 e. The topological polar surface area (TPSA) is 47.4 Å². The zero-order chi connectivity index (χ0) is 16.2. The minimum atomic E-state index is -0.105. The van der Waals surface area contributed by atoms with E-state index >= 15 is 0 Å². The molecule has 1 atom stereocenters. The van der Waals surface area contributed by atoms with E-state index in [1.54, 1.807) is 0 Å². The van der Waals surface area contributed by atoms with Gasteiger partial charge in [-0.2, -0.15) is 5.10 Å². The summed E-state index contributed by atoms with van der Waals surface area (Å²) in [6, 6.07) is 7.96. The normalized spacial score (nSPS) is 16.5. The fourth-order valence-electron chi connectivity index (χ4n) is 2.97. The lowest BCUT2D eigenvalue weighted by atomic mass is 9.95. The van der Waals surface area contributed by atoms with Gasteiger partial charge < -0.3 is 9.64 Å². The molecule has 1 aromatic carbocycles.